The Hall–Kier alpha value is -4.39. The van der Waals surface area contributed by atoms with Crippen molar-refractivity contribution in [3.05, 3.63) is 94.3 Å². The number of nitrogens with zero attached hydrogens (tertiary/aromatic N) is 3. The molecule has 0 aliphatic carbocycles. The maximum Gasteiger partial charge on any atom is 0.261 e. The lowest BCUT2D eigenvalue weighted by Crippen LogP contribution is -2.29. The second-order valence-corrected chi connectivity index (χ2v) is 9.17. The van der Waals surface area contributed by atoms with Crippen LogP contribution in [-0.4, -0.2) is 31.7 Å². The number of nitrogens with one attached hydrogen (secondary N) is 1. The molecule has 2 N–H and O–H groups in total. The van der Waals surface area contributed by atoms with E-state index in [1.807, 2.05) is 48.5 Å². The number of fused-ring (bicyclic) bond motifs is 6. The van der Waals surface area contributed by atoms with Gasteiger partial charge in [0.05, 0.1) is 16.6 Å². The molecule has 180 valence electrons. The Bertz CT molecular complexity index is 1660. The number of rotatable bonds is 6. The van der Waals surface area contributed by atoms with Crippen LogP contribution in [0.1, 0.15) is 17.5 Å². The predicted octanol–water partition coefficient (Wildman–Crippen LogP) is 4.03. The fourth-order valence-electron chi connectivity index (χ4n) is 5.21. The van der Waals surface area contributed by atoms with Gasteiger partial charge < -0.3 is 15.0 Å². The van der Waals surface area contributed by atoms with E-state index in [-0.39, 0.29) is 17.2 Å². The van der Waals surface area contributed by atoms with Gasteiger partial charge >= 0.3 is 0 Å². The first-order chi connectivity index (χ1) is 17.6. The molecule has 0 saturated heterocycles. The molecule has 36 heavy (non-hydrogen) atoms. The first kappa shape index (κ1) is 22.1. The zero-order valence-electron chi connectivity index (χ0n) is 19.8. The van der Waals surface area contributed by atoms with Gasteiger partial charge in [-0.25, -0.2) is 4.98 Å². The summed E-state index contributed by atoms with van der Waals surface area (Å²) in [5, 5.41) is 14.2. The van der Waals surface area contributed by atoms with Gasteiger partial charge in [0.15, 0.2) is 5.82 Å². The van der Waals surface area contributed by atoms with Gasteiger partial charge in [-0.15, -0.1) is 0 Å². The molecule has 1 aliphatic heterocycles. The number of benzene rings is 3. The lowest BCUT2D eigenvalue weighted by molar-refractivity contribution is -0.121. The Labute approximate surface area is 207 Å². The fourth-order valence-corrected chi connectivity index (χ4v) is 5.21. The molecule has 0 saturated carbocycles. The number of para-hydroxylation sites is 2. The van der Waals surface area contributed by atoms with Gasteiger partial charge in [-0.1, -0.05) is 42.5 Å². The maximum absolute atomic E-state index is 13.3. The number of amides is 1. The average Bonchev–Trinajstić information content (AvgIpc) is 3.23. The number of carbonyl (C=O) groups is 1. The van der Waals surface area contributed by atoms with Gasteiger partial charge in [0.1, 0.15) is 5.75 Å². The third-order valence-corrected chi connectivity index (χ3v) is 6.97. The van der Waals surface area contributed by atoms with Gasteiger partial charge in [-0.3, -0.25) is 14.2 Å². The van der Waals surface area contributed by atoms with Gasteiger partial charge in [0.2, 0.25) is 5.91 Å². The number of aromatic nitrogens is 3. The summed E-state index contributed by atoms with van der Waals surface area (Å²) in [6.45, 7) is 1.61. The molecule has 1 amide bonds. The van der Waals surface area contributed by atoms with Crippen LogP contribution < -0.4 is 10.9 Å². The Morgan fingerprint density at radius 1 is 0.972 bits per heavy atom. The predicted molar refractivity (Wildman–Crippen MR) is 140 cm³/mol. The average molecular weight is 479 g/mol. The summed E-state index contributed by atoms with van der Waals surface area (Å²) in [7, 11) is 0. The Morgan fingerprint density at radius 3 is 2.56 bits per heavy atom. The Kier molecular flexibility index (Phi) is 5.52. The van der Waals surface area contributed by atoms with Crippen molar-refractivity contribution in [2.24, 2.45) is 0 Å². The number of phenolic OH excluding ortho intramolecular Hbond substituents is 1. The van der Waals surface area contributed by atoms with Crippen LogP contribution in [0, 0.1) is 0 Å². The summed E-state index contributed by atoms with van der Waals surface area (Å²) in [6.07, 6.45) is 1.76. The van der Waals surface area contributed by atoms with E-state index in [1.54, 1.807) is 16.7 Å². The van der Waals surface area contributed by atoms with Crippen LogP contribution in [0.25, 0.3) is 33.3 Å². The molecule has 6 rings (SSSR count). The monoisotopic (exact) mass is 478 g/mol. The summed E-state index contributed by atoms with van der Waals surface area (Å²) >= 11 is 0. The van der Waals surface area contributed by atoms with Crippen molar-refractivity contribution < 1.29 is 9.90 Å². The minimum atomic E-state index is -0.0278. The van der Waals surface area contributed by atoms with Gasteiger partial charge in [0, 0.05) is 37.0 Å². The fraction of sp³-hybridized carbons (Fsp3) is 0.207. The van der Waals surface area contributed by atoms with Crippen molar-refractivity contribution in [3.8, 4) is 17.3 Å². The highest BCUT2D eigenvalue weighted by molar-refractivity contribution is 5.92. The molecule has 0 bridgehead atoms. The van der Waals surface area contributed by atoms with E-state index in [0.717, 1.165) is 28.6 Å². The van der Waals surface area contributed by atoms with E-state index < -0.39 is 0 Å². The van der Waals surface area contributed by atoms with Crippen LogP contribution in [0.3, 0.4) is 0 Å². The van der Waals surface area contributed by atoms with E-state index in [2.05, 4.69) is 22.0 Å². The molecule has 7 heteroatoms. The Morgan fingerprint density at radius 2 is 1.72 bits per heavy atom. The van der Waals surface area contributed by atoms with E-state index in [0.29, 0.717) is 49.2 Å². The van der Waals surface area contributed by atoms with Crippen LogP contribution in [-0.2, 0) is 30.7 Å². The second-order valence-electron chi connectivity index (χ2n) is 9.17. The second kappa shape index (κ2) is 9.00. The SMILES string of the molecule is O=C(CCn1c2c(c3ccccc31)CCn1c-2nc2ccccc2c1=O)NCCc1ccc(O)cc1. The van der Waals surface area contributed by atoms with Crippen molar-refractivity contribution in [3.63, 3.8) is 0 Å². The molecule has 0 spiro atoms. The van der Waals surface area contributed by atoms with Crippen LogP contribution in [0.15, 0.2) is 77.6 Å². The zero-order valence-corrected chi connectivity index (χ0v) is 19.8. The summed E-state index contributed by atoms with van der Waals surface area (Å²) in [5.41, 5.74) is 4.88. The number of hydrogen-bond donors (Lipinski definition) is 2. The first-order valence-electron chi connectivity index (χ1n) is 12.2. The van der Waals surface area contributed by atoms with Gasteiger partial charge in [0.25, 0.3) is 5.56 Å². The number of aromatic hydroxyl groups is 1. The number of phenols is 1. The number of carbonyl (C=O) groups excluding carboxylic acids is 1. The van der Waals surface area contributed by atoms with Crippen LogP contribution in [0.4, 0.5) is 0 Å². The highest BCUT2D eigenvalue weighted by atomic mass is 16.3. The molecule has 0 unspecified atom stereocenters. The minimum absolute atomic E-state index is 0.0231. The van der Waals surface area contributed by atoms with Gasteiger partial charge in [-0.05, 0) is 54.3 Å². The largest absolute Gasteiger partial charge is 0.508 e. The lowest BCUT2D eigenvalue weighted by Gasteiger charge is -2.21. The molecule has 5 aromatic rings. The van der Waals surface area contributed by atoms with Crippen LogP contribution >= 0.6 is 0 Å². The lowest BCUT2D eigenvalue weighted by atomic mass is 10.0. The van der Waals surface area contributed by atoms with Crippen molar-refractivity contribution in [1.82, 2.24) is 19.4 Å². The molecule has 0 radical (unpaired) electrons. The highest BCUT2D eigenvalue weighted by Crippen LogP contribution is 2.36. The van der Waals surface area contributed by atoms with Crippen molar-refractivity contribution in [2.75, 3.05) is 6.54 Å². The minimum Gasteiger partial charge on any atom is -0.508 e. The molecule has 2 aromatic heterocycles. The normalized spacial score (nSPS) is 12.4. The number of hydrogen-bond acceptors (Lipinski definition) is 4. The molecular formula is C29H26N4O3. The summed E-state index contributed by atoms with van der Waals surface area (Å²) in [6, 6.07) is 22.7. The molecule has 3 aromatic carbocycles. The molecule has 0 fully saturated rings. The summed E-state index contributed by atoms with van der Waals surface area (Å²) < 4.78 is 3.92. The third-order valence-electron chi connectivity index (χ3n) is 6.97. The molecule has 1 aliphatic rings. The van der Waals surface area contributed by atoms with Crippen molar-refractivity contribution >= 4 is 27.7 Å². The van der Waals surface area contributed by atoms with Crippen LogP contribution in [0.2, 0.25) is 0 Å². The number of aryl methyl sites for hydroxylation is 2. The summed E-state index contributed by atoms with van der Waals surface area (Å²) in [5.74, 6) is 0.875. The summed E-state index contributed by atoms with van der Waals surface area (Å²) in [4.78, 5) is 30.9. The van der Waals surface area contributed by atoms with Crippen molar-refractivity contribution in [2.45, 2.75) is 32.4 Å². The smallest absolute Gasteiger partial charge is 0.261 e. The topological polar surface area (TPSA) is 89.2 Å². The zero-order chi connectivity index (χ0) is 24.6. The Balaban J connectivity index is 1.30. The highest BCUT2D eigenvalue weighted by Gasteiger charge is 2.27. The van der Waals surface area contributed by atoms with E-state index in [4.69, 9.17) is 4.98 Å². The van der Waals surface area contributed by atoms with Crippen molar-refractivity contribution in [1.29, 1.82) is 0 Å². The van der Waals surface area contributed by atoms with Gasteiger partial charge in [-0.2, -0.15) is 0 Å². The third kappa shape index (κ3) is 3.82. The van der Waals surface area contributed by atoms with E-state index >= 15 is 0 Å². The van der Waals surface area contributed by atoms with E-state index in [9.17, 15) is 14.7 Å². The molecule has 7 nitrogen and oxygen atoms in total. The molecular weight excluding hydrogens is 452 g/mol. The maximum atomic E-state index is 13.3. The van der Waals surface area contributed by atoms with E-state index in [1.165, 1.54) is 5.56 Å². The quantitative estimate of drug-likeness (QED) is 0.386. The molecule has 0 atom stereocenters. The standard InChI is InChI=1S/C29H26N4O3/c34-20-11-9-19(10-12-20)13-16-30-26(35)15-18-32-25-8-4-2-5-21(25)22-14-17-33-28(27(22)32)31-24-7-3-1-6-23(24)29(33)36/h1-12,34H,13-18H2,(H,30,35). The first-order valence-corrected chi connectivity index (χ1v) is 12.2. The van der Waals surface area contributed by atoms with Crippen LogP contribution in [0.5, 0.6) is 5.75 Å². The molecule has 3 heterocycles.